The zero-order valence-corrected chi connectivity index (χ0v) is 16.9. The van der Waals surface area contributed by atoms with Crippen LogP contribution in [0.25, 0.3) is 10.8 Å². The number of esters is 1. The van der Waals surface area contributed by atoms with E-state index in [2.05, 4.69) is 5.32 Å². The third-order valence-electron chi connectivity index (χ3n) is 4.42. The fraction of sp³-hybridized carbons (Fsp3) is 0.409. The van der Waals surface area contributed by atoms with E-state index in [1.165, 1.54) is 0 Å². The van der Waals surface area contributed by atoms with Gasteiger partial charge in [0, 0.05) is 12.1 Å². The molecule has 28 heavy (non-hydrogen) atoms. The average molecular weight is 384 g/mol. The molecule has 0 atom stereocenters. The fourth-order valence-corrected chi connectivity index (χ4v) is 3.29. The van der Waals surface area contributed by atoms with Gasteiger partial charge in [0.25, 0.3) is 5.91 Å². The van der Waals surface area contributed by atoms with E-state index in [0.717, 1.165) is 16.3 Å². The van der Waals surface area contributed by atoms with Gasteiger partial charge in [0.05, 0.1) is 6.42 Å². The Morgan fingerprint density at radius 3 is 2.29 bits per heavy atom. The number of benzene rings is 2. The highest BCUT2D eigenvalue weighted by atomic mass is 16.5. The van der Waals surface area contributed by atoms with Gasteiger partial charge in [-0.2, -0.15) is 0 Å². The summed E-state index contributed by atoms with van der Waals surface area (Å²) in [5.41, 5.74) is 0.892. The van der Waals surface area contributed by atoms with E-state index in [0.29, 0.717) is 0 Å². The molecule has 0 saturated carbocycles. The molecular formula is C22H28N2O4. The second kappa shape index (κ2) is 9.88. The summed E-state index contributed by atoms with van der Waals surface area (Å²) < 4.78 is 5.01. The summed E-state index contributed by atoms with van der Waals surface area (Å²) in [6.07, 6.45) is 0.169. The Morgan fingerprint density at radius 2 is 1.61 bits per heavy atom. The minimum Gasteiger partial charge on any atom is -0.454 e. The lowest BCUT2D eigenvalue weighted by molar-refractivity contribution is -0.153. The fourth-order valence-electron chi connectivity index (χ4n) is 3.29. The molecule has 0 aliphatic rings. The first kappa shape index (κ1) is 21.4. The zero-order chi connectivity index (χ0) is 20.7. The second-order valence-corrected chi connectivity index (χ2v) is 7.24. The highest BCUT2D eigenvalue weighted by Gasteiger charge is 2.21. The lowest BCUT2D eigenvalue weighted by atomic mass is 10.0. The van der Waals surface area contributed by atoms with Crippen LogP contribution in [-0.2, 0) is 25.5 Å². The third-order valence-corrected chi connectivity index (χ3v) is 4.42. The van der Waals surface area contributed by atoms with Gasteiger partial charge in [0.15, 0.2) is 6.61 Å². The molecule has 6 heteroatoms. The lowest BCUT2D eigenvalue weighted by Crippen LogP contribution is -2.44. The summed E-state index contributed by atoms with van der Waals surface area (Å²) in [6, 6.07) is 13.7. The summed E-state index contributed by atoms with van der Waals surface area (Å²) in [5.74, 6) is -1.15. The molecule has 1 N–H and O–H groups in total. The largest absolute Gasteiger partial charge is 0.454 e. The van der Waals surface area contributed by atoms with Crippen molar-refractivity contribution < 1.29 is 19.1 Å². The Bertz CT molecular complexity index is 832. The monoisotopic (exact) mass is 384 g/mol. The van der Waals surface area contributed by atoms with Crippen LogP contribution in [0.15, 0.2) is 42.5 Å². The number of carbonyl (C=O) groups excluding carboxylic acids is 3. The van der Waals surface area contributed by atoms with Gasteiger partial charge in [-0.25, -0.2) is 0 Å². The van der Waals surface area contributed by atoms with Crippen LogP contribution in [0.4, 0.5) is 0 Å². The molecule has 0 aliphatic heterocycles. The molecular weight excluding hydrogens is 356 g/mol. The Morgan fingerprint density at radius 1 is 0.964 bits per heavy atom. The molecule has 150 valence electrons. The normalized spacial score (nSPS) is 10.9. The minimum atomic E-state index is -0.632. The van der Waals surface area contributed by atoms with Crippen LogP contribution in [0, 0.1) is 0 Å². The standard InChI is InChI=1S/C22H28N2O4/c1-15(2)24(16(3)4)21(26)14-28-22(27)13-23-20(25)12-18-10-7-9-17-8-5-6-11-19(17)18/h5-11,15-16H,12-14H2,1-4H3,(H,23,25). The molecule has 0 bridgehead atoms. The van der Waals surface area contributed by atoms with Crippen LogP contribution in [0.2, 0.25) is 0 Å². The van der Waals surface area contributed by atoms with Crippen LogP contribution >= 0.6 is 0 Å². The molecule has 2 amide bonds. The Hall–Kier alpha value is -2.89. The number of hydrogen-bond donors (Lipinski definition) is 1. The first-order valence-corrected chi connectivity index (χ1v) is 9.49. The number of fused-ring (bicyclic) bond motifs is 1. The molecule has 0 fully saturated rings. The number of amides is 2. The Kier molecular flexibility index (Phi) is 7.55. The van der Waals surface area contributed by atoms with Crippen molar-refractivity contribution in [1.82, 2.24) is 10.2 Å². The van der Waals surface area contributed by atoms with Crippen molar-refractivity contribution in [1.29, 1.82) is 0 Å². The molecule has 0 heterocycles. The number of hydrogen-bond acceptors (Lipinski definition) is 4. The average Bonchev–Trinajstić information content (AvgIpc) is 2.64. The van der Waals surface area contributed by atoms with Crippen molar-refractivity contribution in [2.75, 3.05) is 13.2 Å². The maximum atomic E-state index is 12.2. The van der Waals surface area contributed by atoms with E-state index in [9.17, 15) is 14.4 Å². The summed E-state index contributed by atoms with van der Waals surface area (Å²) in [5, 5.41) is 4.63. The molecule has 2 aromatic rings. The van der Waals surface area contributed by atoms with Crippen LogP contribution in [-0.4, -0.2) is 47.9 Å². The number of nitrogens with zero attached hydrogens (tertiary/aromatic N) is 1. The van der Waals surface area contributed by atoms with Gasteiger partial charge in [0.1, 0.15) is 6.54 Å². The molecule has 6 nitrogen and oxygen atoms in total. The molecule has 0 aliphatic carbocycles. The van der Waals surface area contributed by atoms with Gasteiger partial charge in [-0.3, -0.25) is 14.4 Å². The van der Waals surface area contributed by atoms with Gasteiger partial charge in [-0.15, -0.1) is 0 Å². The summed E-state index contributed by atoms with van der Waals surface area (Å²) in [4.78, 5) is 37.9. The Balaban J connectivity index is 1.82. The second-order valence-electron chi connectivity index (χ2n) is 7.24. The SMILES string of the molecule is CC(C)N(C(=O)COC(=O)CNC(=O)Cc1cccc2ccccc12)C(C)C. The molecule has 0 spiro atoms. The molecule has 0 radical (unpaired) electrons. The maximum absolute atomic E-state index is 12.2. The summed E-state index contributed by atoms with van der Waals surface area (Å²) in [6.45, 7) is 7.05. The van der Waals surface area contributed by atoms with Gasteiger partial charge in [-0.05, 0) is 44.0 Å². The Labute approximate surface area is 165 Å². The van der Waals surface area contributed by atoms with Crippen molar-refractivity contribution in [2.45, 2.75) is 46.2 Å². The maximum Gasteiger partial charge on any atom is 0.325 e. The first-order chi connectivity index (χ1) is 13.3. The van der Waals surface area contributed by atoms with Gasteiger partial charge in [0.2, 0.25) is 5.91 Å². The molecule has 0 saturated heterocycles. The van der Waals surface area contributed by atoms with E-state index in [4.69, 9.17) is 4.74 Å². The van der Waals surface area contributed by atoms with Crippen molar-refractivity contribution >= 4 is 28.6 Å². The quantitative estimate of drug-likeness (QED) is 0.710. The van der Waals surface area contributed by atoms with Crippen molar-refractivity contribution in [2.24, 2.45) is 0 Å². The lowest BCUT2D eigenvalue weighted by Gasteiger charge is -2.30. The first-order valence-electron chi connectivity index (χ1n) is 9.49. The smallest absolute Gasteiger partial charge is 0.325 e. The van der Waals surface area contributed by atoms with Gasteiger partial charge >= 0.3 is 5.97 Å². The summed E-state index contributed by atoms with van der Waals surface area (Å²) >= 11 is 0. The van der Waals surface area contributed by atoms with Crippen LogP contribution in [0.1, 0.15) is 33.3 Å². The zero-order valence-electron chi connectivity index (χ0n) is 16.9. The van der Waals surface area contributed by atoms with Crippen LogP contribution in [0.3, 0.4) is 0 Å². The van der Waals surface area contributed by atoms with Crippen molar-refractivity contribution in [3.05, 3.63) is 48.0 Å². The van der Waals surface area contributed by atoms with Crippen LogP contribution in [0.5, 0.6) is 0 Å². The van der Waals surface area contributed by atoms with Crippen LogP contribution < -0.4 is 5.32 Å². The number of ether oxygens (including phenoxy) is 1. The number of carbonyl (C=O) groups is 3. The van der Waals surface area contributed by atoms with E-state index in [1.807, 2.05) is 70.2 Å². The molecule has 2 aromatic carbocycles. The third kappa shape index (κ3) is 5.81. The van der Waals surface area contributed by atoms with Gasteiger partial charge in [-0.1, -0.05) is 42.5 Å². The molecule has 0 unspecified atom stereocenters. The van der Waals surface area contributed by atoms with Crippen molar-refractivity contribution in [3.63, 3.8) is 0 Å². The van der Waals surface area contributed by atoms with Gasteiger partial charge < -0.3 is 15.0 Å². The molecule has 0 aromatic heterocycles. The predicted octanol–water partition coefficient (Wildman–Crippen LogP) is 2.69. The topological polar surface area (TPSA) is 75.7 Å². The molecule has 2 rings (SSSR count). The van der Waals surface area contributed by atoms with E-state index < -0.39 is 5.97 Å². The van der Waals surface area contributed by atoms with E-state index in [-0.39, 0.29) is 43.5 Å². The van der Waals surface area contributed by atoms with Crippen molar-refractivity contribution in [3.8, 4) is 0 Å². The van der Waals surface area contributed by atoms with E-state index >= 15 is 0 Å². The minimum absolute atomic E-state index is 0.0200. The highest BCUT2D eigenvalue weighted by molar-refractivity contribution is 5.91. The van der Waals surface area contributed by atoms with E-state index in [1.54, 1.807) is 4.90 Å². The predicted molar refractivity (Wildman–Crippen MR) is 109 cm³/mol. The number of nitrogens with one attached hydrogen (secondary N) is 1. The highest BCUT2D eigenvalue weighted by Crippen LogP contribution is 2.18. The number of rotatable bonds is 8. The summed E-state index contributed by atoms with van der Waals surface area (Å²) in [7, 11) is 0.